The maximum Gasteiger partial charge on any atom is 0.100 e. The first-order valence-electron chi connectivity index (χ1n) is 15.2. The van der Waals surface area contributed by atoms with Gasteiger partial charge in [-0.05, 0) is 65.7 Å². The molecule has 0 saturated carbocycles. The second kappa shape index (κ2) is 10.9. The summed E-state index contributed by atoms with van der Waals surface area (Å²) in [5.41, 5.74) is 13.0. The van der Waals surface area contributed by atoms with Crippen LogP contribution in [-0.4, -0.2) is 20.4 Å². The van der Waals surface area contributed by atoms with Gasteiger partial charge in [0, 0.05) is 29.5 Å². The third kappa shape index (κ3) is 4.56. The van der Waals surface area contributed by atoms with E-state index in [4.69, 9.17) is 0 Å². The van der Waals surface area contributed by atoms with Crippen molar-refractivity contribution in [1.82, 2.24) is 0 Å². The van der Waals surface area contributed by atoms with E-state index in [1.54, 1.807) is 0 Å². The number of fused-ring (bicyclic) bond motifs is 2. The molecule has 6 aromatic carbocycles. The summed E-state index contributed by atoms with van der Waals surface area (Å²) >= 11 is 0. The van der Waals surface area contributed by atoms with E-state index in [1.165, 1.54) is 11.4 Å². The summed E-state index contributed by atoms with van der Waals surface area (Å²) in [7, 11) is 2.14. The molecular formula is C40H31N5. The molecule has 0 saturated heterocycles. The topological polar surface area (TPSA) is 36.8 Å². The van der Waals surface area contributed by atoms with Gasteiger partial charge in [-0.1, -0.05) is 91.0 Å². The average Bonchev–Trinajstić information content (AvgIpc) is 3.66. The molecule has 2 heterocycles. The molecule has 0 unspecified atom stereocenters. The second-order valence-corrected chi connectivity index (χ2v) is 11.5. The Bertz CT molecular complexity index is 2000. The lowest BCUT2D eigenvalue weighted by atomic mass is 9.92. The van der Waals surface area contributed by atoms with Crippen LogP contribution in [-0.2, 0) is 0 Å². The van der Waals surface area contributed by atoms with E-state index in [0.717, 1.165) is 57.4 Å². The molecule has 0 aromatic heterocycles. The number of rotatable bonds is 5. The molecule has 8 rings (SSSR count). The maximum atomic E-state index is 10.1. The molecule has 45 heavy (non-hydrogen) atoms. The van der Waals surface area contributed by atoms with Crippen LogP contribution < -0.4 is 19.6 Å². The van der Waals surface area contributed by atoms with Crippen LogP contribution in [0.1, 0.15) is 5.56 Å². The van der Waals surface area contributed by atoms with Crippen molar-refractivity contribution in [3.63, 3.8) is 0 Å². The lowest BCUT2D eigenvalue weighted by Crippen LogP contribution is -2.26. The molecule has 2 aliphatic rings. The van der Waals surface area contributed by atoms with Crippen molar-refractivity contribution in [2.24, 2.45) is 0 Å². The molecule has 5 heteroatoms. The summed E-state index contributed by atoms with van der Waals surface area (Å²) in [5, 5.41) is 10.1. The van der Waals surface area contributed by atoms with Crippen molar-refractivity contribution in [3.05, 3.63) is 151 Å². The number of nitrogens with zero attached hydrogens (tertiary/aromatic N) is 5. The molecular weight excluding hydrogens is 550 g/mol. The molecule has 0 fully saturated rings. The SMILES string of the molecule is CN1CN(c2cccc(N3CN(c4c(-c5ccccc5)cc(C#N)cc4-c4ccccc4)c4ccccc43)c2)c2ccccc21. The zero-order chi connectivity index (χ0) is 30.3. The number of nitriles is 1. The van der Waals surface area contributed by atoms with Crippen molar-refractivity contribution < 1.29 is 0 Å². The highest BCUT2D eigenvalue weighted by atomic mass is 15.4. The van der Waals surface area contributed by atoms with Gasteiger partial charge in [0.15, 0.2) is 0 Å². The van der Waals surface area contributed by atoms with Crippen molar-refractivity contribution >= 4 is 39.8 Å². The number of para-hydroxylation sites is 4. The van der Waals surface area contributed by atoms with Gasteiger partial charge in [0.2, 0.25) is 0 Å². The van der Waals surface area contributed by atoms with Gasteiger partial charge in [0.05, 0.1) is 46.7 Å². The third-order valence-corrected chi connectivity index (χ3v) is 8.82. The monoisotopic (exact) mass is 581 g/mol. The number of anilines is 7. The van der Waals surface area contributed by atoms with E-state index in [2.05, 4.69) is 154 Å². The van der Waals surface area contributed by atoms with Crippen LogP contribution in [0.3, 0.4) is 0 Å². The molecule has 216 valence electrons. The van der Waals surface area contributed by atoms with E-state index in [0.29, 0.717) is 12.2 Å². The lowest BCUT2D eigenvalue weighted by molar-refractivity contribution is 0.947. The first-order chi connectivity index (χ1) is 22.2. The number of benzene rings is 6. The zero-order valence-corrected chi connectivity index (χ0v) is 25.0. The molecule has 0 spiro atoms. The fourth-order valence-electron chi connectivity index (χ4n) is 6.72. The fourth-order valence-corrected chi connectivity index (χ4v) is 6.72. The van der Waals surface area contributed by atoms with Gasteiger partial charge in [-0.15, -0.1) is 0 Å². The summed E-state index contributed by atoms with van der Waals surface area (Å²) in [6.07, 6.45) is 0. The Morgan fingerprint density at radius 1 is 0.489 bits per heavy atom. The number of hydrogen-bond donors (Lipinski definition) is 0. The summed E-state index contributed by atoms with van der Waals surface area (Å²) in [6.45, 7) is 1.43. The maximum absolute atomic E-state index is 10.1. The van der Waals surface area contributed by atoms with E-state index < -0.39 is 0 Å². The molecule has 0 N–H and O–H groups in total. The minimum atomic E-state index is 0.630. The Balaban J connectivity index is 1.28. The third-order valence-electron chi connectivity index (χ3n) is 8.82. The predicted octanol–water partition coefficient (Wildman–Crippen LogP) is 9.68. The average molecular weight is 582 g/mol. The van der Waals surface area contributed by atoms with E-state index in [9.17, 15) is 5.26 Å². The summed E-state index contributed by atoms with van der Waals surface area (Å²) < 4.78 is 0. The second-order valence-electron chi connectivity index (χ2n) is 11.5. The van der Waals surface area contributed by atoms with Crippen LogP contribution in [0.5, 0.6) is 0 Å². The normalized spacial score (nSPS) is 13.5. The standard InChI is InChI=1S/C40H31N5/c1-42-27-43(37-20-9-8-19-36(37)42)32-17-12-18-33(25-32)44-28-45(39-22-11-10-21-38(39)44)40-34(30-13-4-2-5-14-30)23-29(26-41)24-35(40)31-15-6-3-7-16-31/h2-25H,27-28H2,1H3. The Labute approximate surface area is 264 Å². The van der Waals surface area contributed by atoms with Gasteiger partial charge in [-0.3, -0.25) is 0 Å². The van der Waals surface area contributed by atoms with E-state index >= 15 is 0 Å². The molecule has 2 aliphatic heterocycles. The highest BCUT2D eigenvalue weighted by molar-refractivity contribution is 5.99. The van der Waals surface area contributed by atoms with Crippen LogP contribution in [0.25, 0.3) is 22.3 Å². The molecule has 0 bridgehead atoms. The summed E-state index contributed by atoms with van der Waals surface area (Å²) in [4.78, 5) is 9.47. The highest BCUT2D eigenvalue weighted by Crippen LogP contribution is 2.51. The van der Waals surface area contributed by atoms with Crippen LogP contribution >= 0.6 is 0 Å². The zero-order valence-electron chi connectivity index (χ0n) is 25.0. The van der Waals surface area contributed by atoms with Crippen LogP contribution in [0, 0.1) is 11.3 Å². The van der Waals surface area contributed by atoms with Crippen molar-refractivity contribution in [3.8, 4) is 28.3 Å². The Morgan fingerprint density at radius 3 is 1.51 bits per heavy atom. The minimum Gasteiger partial charge on any atom is -0.355 e. The first kappa shape index (κ1) is 26.6. The molecule has 5 nitrogen and oxygen atoms in total. The minimum absolute atomic E-state index is 0.630. The van der Waals surface area contributed by atoms with Crippen molar-refractivity contribution in [2.45, 2.75) is 0 Å². The first-order valence-corrected chi connectivity index (χ1v) is 15.2. The van der Waals surface area contributed by atoms with Crippen molar-refractivity contribution in [1.29, 1.82) is 5.26 Å². The molecule has 0 aliphatic carbocycles. The quantitative estimate of drug-likeness (QED) is 0.203. The molecule has 0 amide bonds. The van der Waals surface area contributed by atoms with Crippen molar-refractivity contribution in [2.75, 3.05) is 40.0 Å². The molecule has 0 radical (unpaired) electrons. The molecule has 6 aromatic rings. The van der Waals surface area contributed by atoms with Crippen LogP contribution in [0.2, 0.25) is 0 Å². The van der Waals surface area contributed by atoms with Crippen LogP contribution in [0.4, 0.5) is 39.8 Å². The van der Waals surface area contributed by atoms with Gasteiger partial charge in [-0.25, -0.2) is 0 Å². The van der Waals surface area contributed by atoms with Gasteiger partial charge in [0.1, 0.15) is 6.67 Å². The lowest BCUT2D eigenvalue weighted by Gasteiger charge is -2.28. The Hall–Kier alpha value is -5.99. The summed E-state index contributed by atoms with van der Waals surface area (Å²) in [5.74, 6) is 0. The Kier molecular flexibility index (Phi) is 6.47. The fraction of sp³-hybridized carbons (Fsp3) is 0.0750. The highest BCUT2D eigenvalue weighted by Gasteiger charge is 2.32. The van der Waals surface area contributed by atoms with E-state index in [-0.39, 0.29) is 0 Å². The summed E-state index contributed by atoms with van der Waals surface area (Å²) in [6, 6.07) is 53.4. The number of hydrogen-bond acceptors (Lipinski definition) is 5. The smallest absolute Gasteiger partial charge is 0.100 e. The van der Waals surface area contributed by atoms with Gasteiger partial charge in [0.25, 0.3) is 0 Å². The Morgan fingerprint density at radius 2 is 0.956 bits per heavy atom. The molecule has 0 atom stereocenters. The van der Waals surface area contributed by atoms with Gasteiger partial charge >= 0.3 is 0 Å². The predicted molar refractivity (Wildman–Crippen MR) is 186 cm³/mol. The van der Waals surface area contributed by atoms with Crippen LogP contribution in [0.15, 0.2) is 146 Å². The largest absolute Gasteiger partial charge is 0.355 e. The van der Waals surface area contributed by atoms with Gasteiger partial charge < -0.3 is 19.6 Å². The van der Waals surface area contributed by atoms with E-state index in [1.807, 2.05) is 24.3 Å². The van der Waals surface area contributed by atoms with Gasteiger partial charge in [-0.2, -0.15) is 5.26 Å².